The van der Waals surface area contributed by atoms with Gasteiger partial charge in [0.05, 0.1) is 0 Å². The first-order valence-corrected chi connectivity index (χ1v) is 4.60. The van der Waals surface area contributed by atoms with Crippen molar-refractivity contribution in [1.82, 2.24) is 5.32 Å². The summed E-state index contributed by atoms with van der Waals surface area (Å²) in [6, 6.07) is 3.76. The predicted octanol–water partition coefficient (Wildman–Crippen LogP) is 0.628. The van der Waals surface area contributed by atoms with Crippen LogP contribution in [0.15, 0.2) is 16.5 Å². The Labute approximate surface area is 82.9 Å². The zero-order valence-electron chi connectivity index (χ0n) is 8.41. The topological polar surface area (TPSA) is 62.5 Å². The molecule has 0 fully saturated rings. The molecule has 0 aromatic carbocycles. The van der Waals surface area contributed by atoms with E-state index in [1.807, 2.05) is 19.1 Å². The number of hydrogen-bond donors (Lipinski definition) is 2. The van der Waals surface area contributed by atoms with Gasteiger partial charge in [-0.25, -0.2) is 0 Å². The fourth-order valence-corrected chi connectivity index (χ4v) is 1.08. The van der Waals surface area contributed by atoms with E-state index in [0.29, 0.717) is 13.0 Å². The van der Waals surface area contributed by atoms with Gasteiger partial charge < -0.3 is 14.8 Å². The van der Waals surface area contributed by atoms with Crippen LogP contribution in [0.5, 0.6) is 0 Å². The van der Waals surface area contributed by atoms with Crippen molar-refractivity contribution in [3.63, 3.8) is 0 Å². The molecule has 0 aliphatic carbocycles. The van der Waals surface area contributed by atoms with Crippen LogP contribution in [-0.2, 0) is 11.2 Å². The van der Waals surface area contributed by atoms with Crippen molar-refractivity contribution in [3.8, 4) is 0 Å². The van der Waals surface area contributed by atoms with E-state index in [1.54, 1.807) is 0 Å². The second kappa shape index (κ2) is 4.81. The number of aliphatic hydroxyl groups excluding tert-OH is 1. The summed E-state index contributed by atoms with van der Waals surface area (Å²) in [6.07, 6.45) is -0.305. The first-order valence-electron chi connectivity index (χ1n) is 4.60. The molecule has 0 saturated carbocycles. The summed E-state index contributed by atoms with van der Waals surface area (Å²) in [4.78, 5) is 10.9. The van der Waals surface area contributed by atoms with Crippen molar-refractivity contribution in [3.05, 3.63) is 23.7 Å². The largest absolute Gasteiger partial charge is 0.466 e. The Morgan fingerprint density at radius 2 is 2.36 bits per heavy atom. The van der Waals surface area contributed by atoms with Crippen molar-refractivity contribution >= 4 is 5.91 Å². The molecule has 0 saturated heterocycles. The second-order valence-corrected chi connectivity index (χ2v) is 3.23. The molecule has 4 nitrogen and oxygen atoms in total. The van der Waals surface area contributed by atoms with Crippen LogP contribution in [0, 0.1) is 6.92 Å². The van der Waals surface area contributed by atoms with Gasteiger partial charge >= 0.3 is 0 Å². The third-order valence-corrected chi connectivity index (χ3v) is 1.85. The molecule has 1 amide bonds. The van der Waals surface area contributed by atoms with Crippen LogP contribution in [0.1, 0.15) is 18.4 Å². The van der Waals surface area contributed by atoms with Gasteiger partial charge in [-0.1, -0.05) is 0 Å². The number of carbonyl (C=O) groups is 1. The molecule has 2 N–H and O–H groups in total. The average Bonchev–Trinajstić information content (AvgIpc) is 2.51. The number of aliphatic hydroxyl groups is 1. The van der Waals surface area contributed by atoms with Crippen LogP contribution in [-0.4, -0.2) is 23.7 Å². The number of carbonyl (C=O) groups excluding carboxylic acids is 1. The lowest BCUT2D eigenvalue weighted by atomic mass is 10.3. The first kappa shape index (κ1) is 10.8. The molecule has 1 heterocycles. The van der Waals surface area contributed by atoms with Crippen LogP contribution in [0.25, 0.3) is 0 Å². The predicted molar refractivity (Wildman–Crippen MR) is 51.8 cm³/mol. The molecule has 1 aromatic heterocycles. The summed E-state index contributed by atoms with van der Waals surface area (Å²) in [6.45, 7) is 3.79. The minimum Gasteiger partial charge on any atom is -0.466 e. The molecule has 1 unspecified atom stereocenters. The monoisotopic (exact) mass is 197 g/mol. The maximum Gasteiger partial charge on any atom is 0.248 e. The molecule has 0 aliphatic heterocycles. The average molecular weight is 197 g/mol. The van der Waals surface area contributed by atoms with Crippen molar-refractivity contribution in [2.45, 2.75) is 26.4 Å². The number of furan rings is 1. The fraction of sp³-hybridized carbons (Fsp3) is 0.500. The lowest BCUT2D eigenvalue weighted by molar-refractivity contribution is -0.128. The van der Waals surface area contributed by atoms with Crippen molar-refractivity contribution in [2.75, 3.05) is 6.54 Å². The Kier molecular flexibility index (Phi) is 3.71. The SMILES string of the molecule is Cc1ccc(CCNC(=O)C(C)O)o1. The Morgan fingerprint density at radius 1 is 1.64 bits per heavy atom. The first-order chi connectivity index (χ1) is 6.59. The van der Waals surface area contributed by atoms with Gasteiger partial charge in [0.25, 0.3) is 0 Å². The van der Waals surface area contributed by atoms with Crippen LogP contribution < -0.4 is 5.32 Å². The van der Waals surface area contributed by atoms with Gasteiger partial charge in [0.15, 0.2) is 0 Å². The zero-order chi connectivity index (χ0) is 10.6. The fourth-order valence-electron chi connectivity index (χ4n) is 1.08. The molecule has 1 aromatic rings. The molecule has 4 heteroatoms. The highest BCUT2D eigenvalue weighted by atomic mass is 16.3. The number of rotatable bonds is 4. The van der Waals surface area contributed by atoms with Crippen molar-refractivity contribution < 1.29 is 14.3 Å². The maximum atomic E-state index is 10.9. The number of nitrogens with one attached hydrogen (secondary N) is 1. The van der Waals surface area contributed by atoms with Gasteiger partial charge in [-0.2, -0.15) is 0 Å². The zero-order valence-corrected chi connectivity index (χ0v) is 8.41. The normalized spacial score (nSPS) is 12.5. The molecule has 0 bridgehead atoms. The summed E-state index contributed by atoms with van der Waals surface area (Å²) >= 11 is 0. The lowest BCUT2D eigenvalue weighted by Gasteiger charge is -2.05. The van der Waals surface area contributed by atoms with E-state index in [2.05, 4.69) is 5.32 Å². The van der Waals surface area contributed by atoms with E-state index >= 15 is 0 Å². The quantitative estimate of drug-likeness (QED) is 0.744. The maximum absolute atomic E-state index is 10.9. The highest BCUT2D eigenvalue weighted by Crippen LogP contribution is 2.05. The molecule has 14 heavy (non-hydrogen) atoms. The minimum absolute atomic E-state index is 0.353. The van der Waals surface area contributed by atoms with Crippen LogP contribution >= 0.6 is 0 Å². The third-order valence-electron chi connectivity index (χ3n) is 1.85. The Morgan fingerprint density at radius 3 is 2.86 bits per heavy atom. The molecule has 78 valence electrons. The minimum atomic E-state index is -0.951. The van der Waals surface area contributed by atoms with E-state index in [1.165, 1.54) is 6.92 Å². The van der Waals surface area contributed by atoms with E-state index in [4.69, 9.17) is 9.52 Å². The summed E-state index contributed by atoms with van der Waals surface area (Å²) in [5.74, 6) is 1.35. The van der Waals surface area contributed by atoms with Gasteiger partial charge in [-0.3, -0.25) is 4.79 Å². The van der Waals surface area contributed by atoms with Crippen LogP contribution in [0.3, 0.4) is 0 Å². The van der Waals surface area contributed by atoms with Crippen molar-refractivity contribution in [2.24, 2.45) is 0 Å². The Bertz CT molecular complexity index is 304. The molecule has 0 aliphatic rings. The number of aryl methyl sites for hydroxylation is 1. The number of hydrogen-bond acceptors (Lipinski definition) is 3. The molecule has 1 rings (SSSR count). The summed E-state index contributed by atoms with van der Waals surface area (Å²) in [7, 11) is 0. The van der Waals surface area contributed by atoms with Gasteiger partial charge in [0, 0.05) is 13.0 Å². The van der Waals surface area contributed by atoms with E-state index in [-0.39, 0.29) is 5.91 Å². The summed E-state index contributed by atoms with van der Waals surface area (Å²) < 4.78 is 5.31. The highest BCUT2D eigenvalue weighted by Gasteiger charge is 2.07. The summed E-state index contributed by atoms with van der Waals surface area (Å²) in [5, 5.41) is 11.5. The van der Waals surface area contributed by atoms with Gasteiger partial charge in [-0.05, 0) is 26.0 Å². The molecule has 0 spiro atoms. The van der Waals surface area contributed by atoms with Gasteiger partial charge in [0.2, 0.25) is 5.91 Å². The van der Waals surface area contributed by atoms with Crippen LogP contribution in [0.2, 0.25) is 0 Å². The molecule has 1 atom stereocenters. The molecular weight excluding hydrogens is 182 g/mol. The molecular formula is C10H15NO3. The summed E-state index contributed by atoms with van der Waals surface area (Å²) in [5.41, 5.74) is 0. The van der Waals surface area contributed by atoms with E-state index in [9.17, 15) is 4.79 Å². The third kappa shape index (κ3) is 3.22. The number of amides is 1. The second-order valence-electron chi connectivity index (χ2n) is 3.23. The Balaban J connectivity index is 2.25. The molecule has 0 radical (unpaired) electrons. The van der Waals surface area contributed by atoms with E-state index in [0.717, 1.165) is 11.5 Å². The smallest absolute Gasteiger partial charge is 0.248 e. The van der Waals surface area contributed by atoms with Gasteiger partial charge in [0.1, 0.15) is 17.6 Å². The van der Waals surface area contributed by atoms with E-state index < -0.39 is 6.10 Å². The lowest BCUT2D eigenvalue weighted by Crippen LogP contribution is -2.33. The van der Waals surface area contributed by atoms with Gasteiger partial charge in [-0.15, -0.1) is 0 Å². The van der Waals surface area contributed by atoms with Crippen LogP contribution in [0.4, 0.5) is 0 Å². The van der Waals surface area contributed by atoms with Crippen molar-refractivity contribution in [1.29, 1.82) is 0 Å². The Hall–Kier alpha value is -1.29. The highest BCUT2D eigenvalue weighted by molar-refractivity contribution is 5.79. The standard InChI is InChI=1S/C10H15NO3/c1-7-3-4-9(14-7)5-6-11-10(13)8(2)12/h3-4,8,12H,5-6H2,1-2H3,(H,11,13).